The number of nitrogens with one attached hydrogen (secondary N) is 1. The van der Waals surface area contributed by atoms with Crippen molar-refractivity contribution in [3.63, 3.8) is 0 Å². The minimum Gasteiger partial charge on any atom is -0.478 e. The number of carbonyl (C=O) groups is 1. The van der Waals surface area contributed by atoms with E-state index < -0.39 is 5.97 Å². The third-order valence-corrected chi connectivity index (χ3v) is 2.84. The predicted molar refractivity (Wildman–Crippen MR) is 73.5 cm³/mol. The molecule has 1 aromatic heterocycles. The van der Waals surface area contributed by atoms with Crippen LogP contribution in [0.5, 0.6) is 0 Å². The Hall–Kier alpha value is -2.30. The molecule has 0 radical (unpaired) electrons. The molecule has 0 spiro atoms. The van der Waals surface area contributed by atoms with Crippen molar-refractivity contribution in [1.29, 1.82) is 0 Å². The van der Waals surface area contributed by atoms with Gasteiger partial charge >= 0.3 is 5.97 Å². The molecular formula is C14H17N3O2. The lowest BCUT2D eigenvalue weighted by atomic mass is 10.1. The fourth-order valence-corrected chi connectivity index (χ4v) is 1.89. The molecule has 0 fully saturated rings. The number of carboxylic acid groups (broad SMARTS) is 1. The molecule has 0 bridgehead atoms. The highest BCUT2D eigenvalue weighted by Crippen LogP contribution is 2.17. The maximum atomic E-state index is 11.1. The summed E-state index contributed by atoms with van der Waals surface area (Å²) in [6, 6.07) is 7.28. The van der Waals surface area contributed by atoms with Crippen LogP contribution in [0.15, 0.2) is 36.7 Å². The summed E-state index contributed by atoms with van der Waals surface area (Å²) in [4.78, 5) is 11.1. The standard InChI is InChI=1S/C14H17N3O2/c1-11-4-5-13(12(10-11)14(18)19)15-6-2-8-17-9-3-7-16-17/h3-5,7,9-10,15H,2,6,8H2,1H3,(H,18,19). The van der Waals surface area contributed by atoms with Crippen molar-refractivity contribution >= 4 is 11.7 Å². The van der Waals surface area contributed by atoms with Crippen LogP contribution in [0.3, 0.4) is 0 Å². The van der Waals surface area contributed by atoms with E-state index in [4.69, 9.17) is 5.11 Å². The average Bonchev–Trinajstić information content (AvgIpc) is 2.89. The van der Waals surface area contributed by atoms with E-state index in [-0.39, 0.29) is 0 Å². The first-order chi connectivity index (χ1) is 9.16. The van der Waals surface area contributed by atoms with Gasteiger partial charge in [-0.2, -0.15) is 5.10 Å². The second-order valence-corrected chi connectivity index (χ2v) is 4.40. The Kier molecular flexibility index (Phi) is 4.18. The van der Waals surface area contributed by atoms with E-state index in [0.29, 0.717) is 17.8 Å². The quantitative estimate of drug-likeness (QED) is 0.782. The summed E-state index contributed by atoms with van der Waals surface area (Å²) in [6.07, 6.45) is 4.54. The minimum absolute atomic E-state index is 0.319. The van der Waals surface area contributed by atoms with Gasteiger partial charge in [-0.15, -0.1) is 0 Å². The van der Waals surface area contributed by atoms with Gasteiger partial charge in [0.05, 0.1) is 5.56 Å². The van der Waals surface area contributed by atoms with Gasteiger partial charge in [0.15, 0.2) is 0 Å². The van der Waals surface area contributed by atoms with E-state index >= 15 is 0 Å². The van der Waals surface area contributed by atoms with Crippen LogP contribution < -0.4 is 5.32 Å². The molecule has 0 saturated carbocycles. The van der Waals surface area contributed by atoms with Gasteiger partial charge in [0.2, 0.25) is 0 Å². The Balaban J connectivity index is 1.90. The van der Waals surface area contributed by atoms with Crippen molar-refractivity contribution < 1.29 is 9.90 Å². The smallest absolute Gasteiger partial charge is 0.337 e. The monoisotopic (exact) mass is 259 g/mol. The Morgan fingerprint density at radius 1 is 1.47 bits per heavy atom. The van der Waals surface area contributed by atoms with Gasteiger partial charge in [0.25, 0.3) is 0 Å². The van der Waals surface area contributed by atoms with Crippen LogP contribution in [0.25, 0.3) is 0 Å². The number of hydrogen-bond donors (Lipinski definition) is 2. The molecule has 1 aromatic carbocycles. The highest BCUT2D eigenvalue weighted by Gasteiger charge is 2.09. The molecule has 0 unspecified atom stereocenters. The third kappa shape index (κ3) is 3.58. The summed E-state index contributed by atoms with van der Waals surface area (Å²) < 4.78 is 1.86. The van der Waals surface area contributed by atoms with E-state index in [2.05, 4.69) is 10.4 Å². The van der Waals surface area contributed by atoms with Crippen LogP contribution in [0.2, 0.25) is 0 Å². The number of anilines is 1. The van der Waals surface area contributed by atoms with Crippen molar-refractivity contribution in [1.82, 2.24) is 9.78 Å². The van der Waals surface area contributed by atoms with Gasteiger partial charge in [-0.3, -0.25) is 4.68 Å². The van der Waals surface area contributed by atoms with Gasteiger partial charge in [-0.1, -0.05) is 11.6 Å². The van der Waals surface area contributed by atoms with Crippen LogP contribution >= 0.6 is 0 Å². The number of aryl methyl sites for hydroxylation is 2. The molecule has 2 aromatic rings. The van der Waals surface area contributed by atoms with Gasteiger partial charge in [-0.05, 0) is 31.5 Å². The molecule has 2 rings (SSSR count). The van der Waals surface area contributed by atoms with Crippen molar-refractivity contribution in [2.75, 3.05) is 11.9 Å². The molecule has 0 aliphatic heterocycles. The summed E-state index contributed by atoms with van der Waals surface area (Å²) in [5.74, 6) is -0.904. The van der Waals surface area contributed by atoms with E-state index in [1.54, 1.807) is 12.3 Å². The van der Waals surface area contributed by atoms with E-state index in [1.165, 1.54) is 0 Å². The Morgan fingerprint density at radius 3 is 3.00 bits per heavy atom. The second-order valence-electron chi connectivity index (χ2n) is 4.40. The first-order valence-electron chi connectivity index (χ1n) is 6.22. The highest BCUT2D eigenvalue weighted by molar-refractivity contribution is 5.94. The number of carboxylic acids is 1. The van der Waals surface area contributed by atoms with Crippen molar-refractivity contribution in [3.8, 4) is 0 Å². The molecule has 0 amide bonds. The molecular weight excluding hydrogens is 242 g/mol. The summed E-state index contributed by atoms with van der Waals surface area (Å²) in [7, 11) is 0. The maximum absolute atomic E-state index is 11.1. The first kappa shape index (κ1) is 13.1. The van der Waals surface area contributed by atoms with Crippen LogP contribution in [-0.2, 0) is 6.54 Å². The lowest BCUT2D eigenvalue weighted by Gasteiger charge is -2.10. The topological polar surface area (TPSA) is 67.2 Å². The highest BCUT2D eigenvalue weighted by atomic mass is 16.4. The zero-order valence-electron chi connectivity index (χ0n) is 10.8. The molecule has 5 nitrogen and oxygen atoms in total. The third-order valence-electron chi connectivity index (χ3n) is 2.84. The van der Waals surface area contributed by atoms with Crippen molar-refractivity contribution in [2.24, 2.45) is 0 Å². The fraction of sp³-hybridized carbons (Fsp3) is 0.286. The van der Waals surface area contributed by atoms with Crippen LogP contribution in [0.1, 0.15) is 22.3 Å². The van der Waals surface area contributed by atoms with Gasteiger partial charge < -0.3 is 10.4 Å². The number of aromatic nitrogens is 2. The lowest BCUT2D eigenvalue weighted by Crippen LogP contribution is -2.10. The normalized spacial score (nSPS) is 10.4. The lowest BCUT2D eigenvalue weighted by molar-refractivity contribution is 0.0698. The molecule has 19 heavy (non-hydrogen) atoms. The Morgan fingerprint density at radius 2 is 2.32 bits per heavy atom. The Labute approximate surface area is 111 Å². The maximum Gasteiger partial charge on any atom is 0.337 e. The van der Waals surface area contributed by atoms with Gasteiger partial charge in [0.1, 0.15) is 0 Å². The molecule has 0 aliphatic rings. The minimum atomic E-state index is -0.904. The zero-order valence-corrected chi connectivity index (χ0v) is 10.8. The zero-order chi connectivity index (χ0) is 13.7. The fourth-order valence-electron chi connectivity index (χ4n) is 1.89. The largest absolute Gasteiger partial charge is 0.478 e. The Bertz CT molecular complexity index is 550. The van der Waals surface area contributed by atoms with Crippen molar-refractivity contribution in [2.45, 2.75) is 19.9 Å². The number of rotatable bonds is 6. The van der Waals surface area contributed by atoms with Crippen molar-refractivity contribution in [3.05, 3.63) is 47.8 Å². The van der Waals surface area contributed by atoms with Gasteiger partial charge in [-0.25, -0.2) is 4.79 Å². The summed E-state index contributed by atoms with van der Waals surface area (Å²) in [5, 5.41) is 16.4. The molecule has 0 aliphatic carbocycles. The first-order valence-corrected chi connectivity index (χ1v) is 6.22. The van der Waals surface area contributed by atoms with E-state index in [9.17, 15) is 4.79 Å². The van der Waals surface area contributed by atoms with Crippen LogP contribution in [0.4, 0.5) is 5.69 Å². The molecule has 1 heterocycles. The number of hydrogen-bond acceptors (Lipinski definition) is 3. The summed E-state index contributed by atoms with van der Waals surface area (Å²) >= 11 is 0. The molecule has 5 heteroatoms. The second kappa shape index (κ2) is 6.04. The average molecular weight is 259 g/mol. The summed E-state index contributed by atoms with van der Waals surface area (Å²) in [6.45, 7) is 3.41. The molecule has 0 saturated heterocycles. The van der Waals surface area contributed by atoms with Crippen LogP contribution in [0, 0.1) is 6.92 Å². The molecule has 0 atom stereocenters. The number of aromatic carboxylic acids is 1. The molecule has 100 valence electrons. The van der Waals surface area contributed by atoms with E-state index in [1.807, 2.05) is 36.0 Å². The predicted octanol–water partition coefficient (Wildman–Crippen LogP) is 2.39. The molecule has 2 N–H and O–H groups in total. The summed E-state index contributed by atoms with van der Waals surface area (Å²) in [5.41, 5.74) is 1.93. The number of nitrogens with zero attached hydrogens (tertiary/aromatic N) is 2. The van der Waals surface area contributed by atoms with Gasteiger partial charge in [0, 0.05) is 31.2 Å². The number of benzene rings is 1. The van der Waals surface area contributed by atoms with Crippen LogP contribution in [-0.4, -0.2) is 27.4 Å². The SMILES string of the molecule is Cc1ccc(NCCCn2cccn2)c(C(=O)O)c1. The van der Waals surface area contributed by atoms with E-state index in [0.717, 1.165) is 18.5 Å².